The van der Waals surface area contributed by atoms with Crippen molar-refractivity contribution in [3.63, 3.8) is 0 Å². The lowest BCUT2D eigenvalue weighted by Gasteiger charge is -2.16. The Kier molecular flexibility index (Phi) is 4.75. The summed E-state index contributed by atoms with van der Waals surface area (Å²) in [5.74, 6) is 2.03. The average molecular weight is 424 g/mol. The van der Waals surface area contributed by atoms with Crippen molar-refractivity contribution in [1.82, 2.24) is 9.97 Å². The lowest BCUT2D eigenvalue weighted by Crippen LogP contribution is -2.22. The summed E-state index contributed by atoms with van der Waals surface area (Å²) in [5, 5.41) is 2.22. The van der Waals surface area contributed by atoms with Crippen LogP contribution in [-0.4, -0.2) is 17.1 Å². The third-order valence-electron chi connectivity index (χ3n) is 5.49. The molecule has 0 atom stereocenters. The van der Waals surface area contributed by atoms with Crippen molar-refractivity contribution < 1.29 is 9.15 Å². The predicted molar refractivity (Wildman–Crippen MR) is 125 cm³/mol. The molecule has 2 heterocycles. The first-order valence-corrected chi connectivity index (χ1v) is 10.1. The molecule has 0 saturated carbocycles. The Hall–Kier alpha value is -4.32. The number of hydrogen-bond donors (Lipinski definition) is 2. The fourth-order valence-corrected chi connectivity index (χ4v) is 3.96. The summed E-state index contributed by atoms with van der Waals surface area (Å²) in [6.45, 7) is 1.87. The second kappa shape index (κ2) is 7.74. The van der Waals surface area contributed by atoms with Gasteiger partial charge in [-0.25, -0.2) is 4.79 Å². The number of nitrogens with one attached hydrogen (secondary N) is 2. The first-order valence-electron chi connectivity index (χ1n) is 10.1. The van der Waals surface area contributed by atoms with Crippen LogP contribution >= 0.6 is 0 Å². The highest BCUT2D eigenvalue weighted by molar-refractivity contribution is 5.92. The summed E-state index contributed by atoms with van der Waals surface area (Å²) >= 11 is 0. The standard InChI is InChI=1S/C26H20N2O4/c1-15-7-10-23(32-15)21-13-19(22-14-27-26(30)28-25(22)29)12-20(24(21)31-2)18-9-8-16-5-3-4-6-17(16)11-18/h3-14H,1-2H3,(H2,27,28,29,30). The minimum atomic E-state index is -0.552. The second-order valence-electron chi connectivity index (χ2n) is 7.56. The molecule has 32 heavy (non-hydrogen) atoms. The maximum absolute atomic E-state index is 12.5. The number of aromatic amines is 2. The lowest BCUT2D eigenvalue weighted by atomic mass is 9.93. The SMILES string of the molecule is COc1c(-c2ccc3ccccc3c2)cc(-c2c[nH]c(=O)[nH]c2=O)cc1-c1ccc(C)o1. The number of furan rings is 1. The van der Waals surface area contributed by atoms with Crippen LogP contribution in [-0.2, 0) is 0 Å². The molecule has 2 aromatic heterocycles. The Morgan fingerprint density at radius 2 is 1.59 bits per heavy atom. The normalized spacial score (nSPS) is 11.1. The van der Waals surface area contributed by atoms with Gasteiger partial charge in [0, 0.05) is 11.8 Å². The van der Waals surface area contributed by atoms with Gasteiger partial charge < -0.3 is 14.1 Å². The summed E-state index contributed by atoms with van der Waals surface area (Å²) in [4.78, 5) is 28.9. The fraction of sp³-hybridized carbons (Fsp3) is 0.0769. The Balaban J connectivity index is 1.82. The molecule has 5 aromatic rings. The van der Waals surface area contributed by atoms with Crippen molar-refractivity contribution in [1.29, 1.82) is 0 Å². The van der Waals surface area contributed by atoms with E-state index in [1.54, 1.807) is 7.11 Å². The maximum atomic E-state index is 12.5. The van der Waals surface area contributed by atoms with E-state index < -0.39 is 11.2 Å². The zero-order valence-electron chi connectivity index (χ0n) is 17.6. The van der Waals surface area contributed by atoms with Crippen molar-refractivity contribution in [2.75, 3.05) is 7.11 Å². The number of benzene rings is 3. The third-order valence-corrected chi connectivity index (χ3v) is 5.49. The molecule has 0 saturated heterocycles. The van der Waals surface area contributed by atoms with Crippen molar-refractivity contribution in [2.24, 2.45) is 0 Å². The maximum Gasteiger partial charge on any atom is 0.325 e. The number of hydrogen-bond acceptors (Lipinski definition) is 4. The largest absolute Gasteiger partial charge is 0.495 e. The number of ether oxygens (including phenoxy) is 1. The van der Waals surface area contributed by atoms with Gasteiger partial charge in [0.2, 0.25) is 0 Å². The Bertz CT molecular complexity index is 1570. The van der Waals surface area contributed by atoms with Crippen LogP contribution in [0.15, 0.2) is 86.9 Å². The summed E-state index contributed by atoms with van der Waals surface area (Å²) in [6.07, 6.45) is 1.42. The molecular weight excluding hydrogens is 404 g/mol. The number of aromatic nitrogens is 2. The molecule has 0 aliphatic rings. The molecule has 0 aliphatic carbocycles. The van der Waals surface area contributed by atoms with Gasteiger partial charge in [-0.15, -0.1) is 0 Å². The number of H-pyrrole nitrogens is 2. The van der Waals surface area contributed by atoms with Crippen LogP contribution in [0.5, 0.6) is 5.75 Å². The zero-order valence-corrected chi connectivity index (χ0v) is 17.6. The zero-order chi connectivity index (χ0) is 22.2. The van der Waals surface area contributed by atoms with Crippen molar-refractivity contribution in [3.8, 4) is 39.3 Å². The van der Waals surface area contributed by atoms with E-state index in [0.29, 0.717) is 28.2 Å². The van der Waals surface area contributed by atoms with Crippen LogP contribution in [0.4, 0.5) is 0 Å². The second-order valence-corrected chi connectivity index (χ2v) is 7.56. The van der Waals surface area contributed by atoms with Gasteiger partial charge in [0.05, 0.1) is 18.2 Å². The molecule has 0 fully saturated rings. The van der Waals surface area contributed by atoms with Gasteiger partial charge in [-0.05, 0) is 59.2 Å². The molecule has 6 nitrogen and oxygen atoms in total. The molecule has 158 valence electrons. The van der Waals surface area contributed by atoms with Gasteiger partial charge in [-0.3, -0.25) is 9.78 Å². The highest BCUT2D eigenvalue weighted by Gasteiger charge is 2.19. The highest BCUT2D eigenvalue weighted by Crippen LogP contribution is 2.43. The summed E-state index contributed by atoms with van der Waals surface area (Å²) in [6, 6.07) is 21.8. The van der Waals surface area contributed by atoms with Gasteiger partial charge in [0.15, 0.2) is 0 Å². The van der Waals surface area contributed by atoms with Crippen LogP contribution in [0.3, 0.4) is 0 Å². The fourth-order valence-electron chi connectivity index (χ4n) is 3.96. The van der Waals surface area contributed by atoms with Crippen molar-refractivity contribution in [3.05, 3.63) is 99.5 Å². The van der Waals surface area contributed by atoms with E-state index in [-0.39, 0.29) is 0 Å². The van der Waals surface area contributed by atoms with E-state index >= 15 is 0 Å². The van der Waals surface area contributed by atoms with Gasteiger partial charge in [-0.2, -0.15) is 0 Å². The number of fused-ring (bicyclic) bond motifs is 1. The van der Waals surface area contributed by atoms with E-state index in [0.717, 1.165) is 27.7 Å². The molecular formula is C26H20N2O4. The van der Waals surface area contributed by atoms with Crippen LogP contribution in [0.2, 0.25) is 0 Å². The number of rotatable bonds is 4. The van der Waals surface area contributed by atoms with Gasteiger partial charge in [0.25, 0.3) is 5.56 Å². The smallest absolute Gasteiger partial charge is 0.325 e. The Morgan fingerprint density at radius 3 is 2.31 bits per heavy atom. The van der Waals surface area contributed by atoms with Gasteiger partial charge >= 0.3 is 5.69 Å². The van der Waals surface area contributed by atoms with Crippen LogP contribution in [0.1, 0.15) is 5.76 Å². The minimum Gasteiger partial charge on any atom is -0.495 e. The van der Waals surface area contributed by atoms with E-state index in [4.69, 9.17) is 9.15 Å². The van der Waals surface area contributed by atoms with Crippen LogP contribution in [0, 0.1) is 6.92 Å². The average Bonchev–Trinajstić information content (AvgIpc) is 3.24. The molecule has 0 radical (unpaired) electrons. The monoisotopic (exact) mass is 424 g/mol. The summed E-state index contributed by atoms with van der Waals surface area (Å²) in [7, 11) is 1.62. The quantitative estimate of drug-likeness (QED) is 0.419. The molecule has 0 aliphatic heterocycles. The van der Waals surface area contributed by atoms with Crippen LogP contribution < -0.4 is 16.0 Å². The van der Waals surface area contributed by atoms with E-state index in [1.807, 2.05) is 49.4 Å². The molecule has 5 rings (SSSR count). The van der Waals surface area contributed by atoms with Crippen molar-refractivity contribution in [2.45, 2.75) is 6.92 Å². The number of methoxy groups -OCH3 is 1. The Labute approximate surface area is 183 Å². The van der Waals surface area contributed by atoms with Crippen molar-refractivity contribution >= 4 is 10.8 Å². The topological polar surface area (TPSA) is 88.1 Å². The first kappa shape index (κ1) is 19.6. The van der Waals surface area contributed by atoms with E-state index in [1.165, 1.54) is 6.20 Å². The van der Waals surface area contributed by atoms with Crippen LogP contribution in [0.25, 0.3) is 44.3 Å². The lowest BCUT2D eigenvalue weighted by molar-refractivity contribution is 0.416. The Morgan fingerprint density at radius 1 is 0.812 bits per heavy atom. The molecule has 0 unspecified atom stereocenters. The van der Waals surface area contributed by atoms with E-state index in [9.17, 15) is 9.59 Å². The van der Waals surface area contributed by atoms with Gasteiger partial charge in [0.1, 0.15) is 17.3 Å². The third kappa shape index (κ3) is 3.41. The minimum absolute atomic E-state index is 0.346. The summed E-state index contributed by atoms with van der Waals surface area (Å²) < 4.78 is 11.7. The molecule has 0 spiro atoms. The highest BCUT2D eigenvalue weighted by atomic mass is 16.5. The number of aryl methyl sites for hydroxylation is 1. The molecule has 0 amide bonds. The van der Waals surface area contributed by atoms with E-state index in [2.05, 4.69) is 34.2 Å². The molecule has 0 bridgehead atoms. The first-order chi connectivity index (χ1) is 15.5. The molecule has 2 N–H and O–H groups in total. The predicted octanol–water partition coefficient (Wildman–Crippen LogP) is 5.13. The molecule has 3 aromatic carbocycles. The molecule has 6 heteroatoms. The summed E-state index contributed by atoms with van der Waals surface area (Å²) in [5.41, 5.74) is 2.42. The van der Waals surface area contributed by atoms with Gasteiger partial charge in [-0.1, -0.05) is 36.4 Å².